The van der Waals surface area contributed by atoms with Gasteiger partial charge in [0.15, 0.2) is 0 Å². The van der Waals surface area contributed by atoms with Gasteiger partial charge in [-0.2, -0.15) is 0 Å². The van der Waals surface area contributed by atoms with Gasteiger partial charge in [0, 0.05) is 6.61 Å². The van der Waals surface area contributed by atoms with Gasteiger partial charge in [0.2, 0.25) is 5.91 Å². The molecule has 1 heterocycles. The summed E-state index contributed by atoms with van der Waals surface area (Å²) in [4.78, 5) is 11.8. The lowest BCUT2D eigenvalue weighted by Gasteiger charge is -2.32. The highest BCUT2D eigenvalue weighted by Crippen LogP contribution is 2.16. The topological polar surface area (TPSA) is 58.6 Å². The Hall–Kier alpha value is -0.610. The summed E-state index contributed by atoms with van der Waals surface area (Å²) >= 11 is 0. The third kappa shape index (κ3) is 3.47. The lowest BCUT2D eigenvalue weighted by atomic mass is 9.95. The molecule has 2 unspecified atom stereocenters. The van der Waals surface area contributed by atoms with E-state index in [-0.39, 0.29) is 11.8 Å². The molecule has 0 aromatic heterocycles. The van der Waals surface area contributed by atoms with Crippen LogP contribution in [-0.2, 0) is 9.53 Å². The van der Waals surface area contributed by atoms with Crippen LogP contribution >= 0.6 is 0 Å². The number of ether oxygens (including phenoxy) is 1. The Labute approximate surface area is 91.0 Å². The van der Waals surface area contributed by atoms with Gasteiger partial charge >= 0.3 is 0 Å². The fourth-order valence-electron chi connectivity index (χ4n) is 1.47. The Morgan fingerprint density at radius 3 is 2.73 bits per heavy atom. The molecule has 1 aliphatic rings. The molecular formula is C11H21NO3. The van der Waals surface area contributed by atoms with Gasteiger partial charge in [0.25, 0.3) is 0 Å². The number of hydrogen-bond donors (Lipinski definition) is 2. The van der Waals surface area contributed by atoms with E-state index in [1.165, 1.54) is 0 Å². The Morgan fingerprint density at radius 1 is 1.60 bits per heavy atom. The molecule has 0 aromatic rings. The van der Waals surface area contributed by atoms with Gasteiger partial charge in [-0.15, -0.1) is 0 Å². The van der Waals surface area contributed by atoms with E-state index in [0.29, 0.717) is 6.61 Å². The van der Waals surface area contributed by atoms with Gasteiger partial charge in [-0.25, -0.2) is 0 Å². The number of carbonyl (C=O) groups is 1. The van der Waals surface area contributed by atoms with E-state index >= 15 is 0 Å². The predicted molar refractivity (Wildman–Crippen MR) is 57.4 cm³/mol. The van der Waals surface area contributed by atoms with Crippen LogP contribution in [0.15, 0.2) is 0 Å². The number of amides is 1. The molecule has 2 atom stereocenters. The third-order valence-corrected chi connectivity index (χ3v) is 3.02. The third-order valence-electron chi connectivity index (χ3n) is 3.02. The van der Waals surface area contributed by atoms with Gasteiger partial charge in [0.05, 0.1) is 24.2 Å². The highest BCUT2D eigenvalue weighted by molar-refractivity contribution is 5.79. The first-order valence-corrected chi connectivity index (χ1v) is 5.51. The maximum atomic E-state index is 11.8. The first-order valence-electron chi connectivity index (χ1n) is 5.51. The van der Waals surface area contributed by atoms with Crippen LogP contribution in [0.1, 0.15) is 33.6 Å². The first-order chi connectivity index (χ1) is 6.93. The van der Waals surface area contributed by atoms with Crippen LogP contribution in [-0.4, -0.2) is 35.9 Å². The van der Waals surface area contributed by atoms with Crippen LogP contribution < -0.4 is 5.32 Å². The van der Waals surface area contributed by atoms with Gasteiger partial charge in [-0.05, 0) is 33.6 Å². The van der Waals surface area contributed by atoms with Gasteiger partial charge < -0.3 is 15.2 Å². The number of aliphatic hydroxyl groups excluding tert-OH is 1. The van der Waals surface area contributed by atoms with Crippen LogP contribution in [0.2, 0.25) is 0 Å². The molecule has 2 N–H and O–H groups in total. The summed E-state index contributed by atoms with van der Waals surface area (Å²) in [7, 11) is 0. The molecule has 1 amide bonds. The quantitative estimate of drug-likeness (QED) is 0.728. The average molecular weight is 215 g/mol. The molecule has 1 saturated heterocycles. The molecule has 0 saturated carbocycles. The van der Waals surface area contributed by atoms with E-state index < -0.39 is 11.6 Å². The molecule has 1 rings (SSSR count). The van der Waals surface area contributed by atoms with E-state index in [1.807, 2.05) is 13.8 Å². The molecule has 1 fully saturated rings. The molecule has 15 heavy (non-hydrogen) atoms. The predicted octanol–water partition coefficient (Wildman–Crippen LogP) is 0.689. The van der Waals surface area contributed by atoms with Crippen molar-refractivity contribution < 1.29 is 14.6 Å². The summed E-state index contributed by atoms with van der Waals surface area (Å²) in [5, 5.41) is 12.3. The minimum absolute atomic E-state index is 0.0133. The maximum Gasteiger partial charge on any atom is 0.225 e. The second-order valence-electron chi connectivity index (χ2n) is 4.80. The van der Waals surface area contributed by atoms with Crippen molar-refractivity contribution in [2.75, 3.05) is 13.2 Å². The largest absolute Gasteiger partial charge is 0.391 e. The highest BCUT2D eigenvalue weighted by atomic mass is 16.5. The van der Waals surface area contributed by atoms with E-state index in [4.69, 9.17) is 4.74 Å². The monoisotopic (exact) mass is 215 g/mol. The van der Waals surface area contributed by atoms with Gasteiger partial charge in [-0.1, -0.05) is 0 Å². The Balaban J connectivity index is 2.47. The van der Waals surface area contributed by atoms with Crippen molar-refractivity contribution in [3.63, 3.8) is 0 Å². The molecule has 0 bridgehead atoms. The Bertz CT molecular complexity index is 220. The van der Waals surface area contributed by atoms with E-state index in [9.17, 15) is 9.90 Å². The van der Waals surface area contributed by atoms with Gasteiger partial charge in [0.1, 0.15) is 0 Å². The number of rotatable bonds is 3. The van der Waals surface area contributed by atoms with E-state index in [1.54, 1.807) is 6.92 Å². The Morgan fingerprint density at radius 2 is 2.27 bits per heavy atom. The smallest absolute Gasteiger partial charge is 0.225 e. The summed E-state index contributed by atoms with van der Waals surface area (Å²) in [6.45, 7) is 6.57. The zero-order valence-corrected chi connectivity index (χ0v) is 9.75. The van der Waals surface area contributed by atoms with Crippen LogP contribution in [0, 0.1) is 5.92 Å². The standard InChI is InChI=1S/C11H21NO3/c1-8(13)11(2,3)12-10(14)9-5-4-6-15-7-9/h8-9,13H,4-7H2,1-3H3,(H,12,14). The second-order valence-corrected chi connectivity index (χ2v) is 4.80. The summed E-state index contributed by atoms with van der Waals surface area (Å²) in [5.74, 6) is -0.0719. The summed E-state index contributed by atoms with van der Waals surface area (Å²) in [6, 6.07) is 0. The zero-order valence-electron chi connectivity index (χ0n) is 9.75. The van der Waals surface area contributed by atoms with Crippen molar-refractivity contribution in [1.29, 1.82) is 0 Å². The van der Waals surface area contributed by atoms with Crippen LogP contribution in [0.25, 0.3) is 0 Å². The first kappa shape index (κ1) is 12.5. The summed E-state index contributed by atoms with van der Waals surface area (Å²) < 4.78 is 5.25. The van der Waals surface area contributed by atoms with Gasteiger partial charge in [-0.3, -0.25) is 4.79 Å². The highest BCUT2D eigenvalue weighted by Gasteiger charge is 2.30. The van der Waals surface area contributed by atoms with Crippen LogP contribution in [0.4, 0.5) is 0 Å². The number of hydrogen-bond acceptors (Lipinski definition) is 3. The van der Waals surface area contributed by atoms with Crippen molar-refractivity contribution in [1.82, 2.24) is 5.32 Å². The van der Waals surface area contributed by atoms with Crippen molar-refractivity contribution in [2.45, 2.75) is 45.3 Å². The second kappa shape index (κ2) is 4.94. The number of carbonyl (C=O) groups excluding carboxylic acids is 1. The molecule has 88 valence electrons. The molecule has 0 spiro atoms. The van der Waals surface area contributed by atoms with Crippen molar-refractivity contribution in [3.05, 3.63) is 0 Å². The van der Waals surface area contributed by atoms with Crippen LogP contribution in [0.3, 0.4) is 0 Å². The SMILES string of the molecule is CC(O)C(C)(C)NC(=O)C1CCCOC1. The zero-order chi connectivity index (χ0) is 11.5. The van der Waals surface area contributed by atoms with Crippen molar-refractivity contribution in [3.8, 4) is 0 Å². The molecule has 0 radical (unpaired) electrons. The fraction of sp³-hybridized carbons (Fsp3) is 0.909. The van der Waals surface area contributed by atoms with Crippen molar-refractivity contribution >= 4 is 5.91 Å². The molecule has 1 aliphatic heterocycles. The molecule has 0 aliphatic carbocycles. The molecular weight excluding hydrogens is 194 g/mol. The molecule has 4 heteroatoms. The maximum absolute atomic E-state index is 11.8. The minimum atomic E-state index is -0.575. The molecule has 0 aromatic carbocycles. The summed E-state index contributed by atoms with van der Waals surface area (Å²) in [6.07, 6.45) is 1.25. The van der Waals surface area contributed by atoms with E-state index in [0.717, 1.165) is 19.4 Å². The summed E-state index contributed by atoms with van der Waals surface area (Å²) in [5.41, 5.74) is -0.575. The Kier molecular flexibility index (Phi) is 4.11. The van der Waals surface area contributed by atoms with Crippen molar-refractivity contribution in [2.24, 2.45) is 5.92 Å². The normalized spacial score (nSPS) is 24.7. The number of nitrogens with one attached hydrogen (secondary N) is 1. The molecule has 4 nitrogen and oxygen atoms in total. The fourth-order valence-corrected chi connectivity index (χ4v) is 1.47. The average Bonchev–Trinajstić information content (AvgIpc) is 2.18. The minimum Gasteiger partial charge on any atom is -0.391 e. The lowest BCUT2D eigenvalue weighted by molar-refractivity contribution is -0.131. The number of aliphatic hydroxyl groups is 1. The lowest BCUT2D eigenvalue weighted by Crippen LogP contribution is -2.53. The van der Waals surface area contributed by atoms with Crippen LogP contribution in [0.5, 0.6) is 0 Å². The van der Waals surface area contributed by atoms with E-state index in [2.05, 4.69) is 5.32 Å².